The van der Waals surface area contributed by atoms with E-state index in [1.165, 1.54) is 12.0 Å². The van der Waals surface area contributed by atoms with E-state index in [2.05, 4.69) is 67.6 Å². The second-order valence-corrected chi connectivity index (χ2v) is 16.9. The summed E-state index contributed by atoms with van der Waals surface area (Å²) < 4.78 is 12.6. The molecule has 0 spiro atoms. The first-order valence-electron chi connectivity index (χ1n) is 11.8. The summed E-state index contributed by atoms with van der Waals surface area (Å²) in [5.74, 6) is 3.44. The van der Waals surface area contributed by atoms with Gasteiger partial charge in [-0.3, -0.25) is 4.79 Å². The minimum Gasteiger partial charge on any atom is -0.462 e. The Balaban J connectivity index is 1.84. The van der Waals surface area contributed by atoms with Gasteiger partial charge < -0.3 is 9.16 Å². The Morgan fingerprint density at radius 1 is 1.21 bits per heavy atom. The molecule has 166 valence electrons. The fourth-order valence-corrected chi connectivity index (χ4v) is 6.88. The van der Waals surface area contributed by atoms with E-state index in [9.17, 15) is 4.79 Å². The Morgan fingerprint density at radius 2 is 1.83 bits per heavy atom. The third kappa shape index (κ3) is 4.53. The molecule has 0 amide bonds. The van der Waals surface area contributed by atoms with Gasteiger partial charge in [-0.05, 0) is 79.8 Å². The Bertz CT molecular complexity index is 645. The molecule has 3 nitrogen and oxygen atoms in total. The summed E-state index contributed by atoms with van der Waals surface area (Å²) in [6.07, 6.45) is 5.92. The van der Waals surface area contributed by atoms with Gasteiger partial charge in [0.2, 0.25) is 0 Å². The molecule has 3 aliphatic rings. The van der Waals surface area contributed by atoms with Crippen molar-refractivity contribution >= 4 is 14.3 Å². The predicted octanol–water partition coefficient (Wildman–Crippen LogP) is 6.45. The van der Waals surface area contributed by atoms with Crippen molar-refractivity contribution in [3.05, 3.63) is 11.6 Å². The first kappa shape index (κ1) is 23.1. The fraction of sp³-hybridized carbons (Fsp3) is 0.880. The quantitative estimate of drug-likeness (QED) is 0.291. The zero-order valence-electron chi connectivity index (χ0n) is 20.2. The molecule has 29 heavy (non-hydrogen) atoms. The second-order valence-electron chi connectivity index (χ2n) is 12.1. The number of allylic oxidation sites excluding steroid dienone is 2. The first-order chi connectivity index (χ1) is 13.3. The minimum absolute atomic E-state index is 0.0274. The molecule has 7 atom stereocenters. The summed E-state index contributed by atoms with van der Waals surface area (Å²) in [5.41, 5.74) is 1.51. The Labute approximate surface area is 180 Å². The molecular formula is C25H44O3Si. The van der Waals surface area contributed by atoms with E-state index in [0.717, 1.165) is 19.4 Å². The molecule has 0 aromatic rings. The smallest absolute Gasteiger partial charge is 0.309 e. The molecule has 3 rings (SSSR count). The van der Waals surface area contributed by atoms with Crippen molar-refractivity contribution in [1.82, 2.24) is 0 Å². The zero-order chi connectivity index (χ0) is 21.7. The van der Waals surface area contributed by atoms with Crippen LogP contribution >= 0.6 is 0 Å². The SMILES string of the molecule is CC1=C[C@@H]2[C@H]3C[C@@H](C[C@@H]2[C@H]([C@H](CO[Si](C)(C)C(C)(C)C)C(C)C)C1)OC(=O)[C@H]3C. The van der Waals surface area contributed by atoms with Crippen LogP contribution in [-0.2, 0) is 14.0 Å². The van der Waals surface area contributed by atoms with Crippen LogP contribution in [0.25, 0.3) is 0 Å². The van der Waals surface area contributed by atoms with Crippen molar-refractivity contribution in [3.8, 4) is 0 Å². The van der Waals surface area contributed by atoms with Crippen LogP contribution < -0.4 is 0 Å². The van der Waals surface area contributed by atoms with Crippen molar-refractivity contribution < 1.29 is 14.0 Å². The molecule has 0 aromatic carbocycles. The van der Waals surface area contributed by atoms with Crippen LogP contribution in [0, 0.1) is 41.4 Å². The summed E-state index contributed by atoms with van der Waals surface area (Å²) in [4.78, 5) is 12.3. The Morgan fingerprint density at radius 3 is 2.41 bits per heavy atom. The molecule has 1 saturated carbocycles. The fourth-order valence-electron chi connectivity index (χ4n) is 5.84. The molecule has 2 bridgehead atoms. The molecule has 0 radical (unpaired) electrons. The van der Waals surface area contributed by atoms with Crippen molar-refractivity contribution in [2.45, 2.75) is 92.0 Å². The van der Waals surface area contributed by atoms with Crippen molar-refractivity contribution in [2.24, 2.45) is 41.4 Å². The number of hydrogen-bond acceptors (Lipinski definition) is 3. The Hall–Kier alpha value is -0.613. The zero-order valence-corrected chi connectivity index (χ0v) is 21.2. The normalized spacial score (nSPS) is 36.3. The highest BCUT2D eigenvalue weighted by Gasteiger charge is 2.51. The van der Waals surface area contributed by atoms with Crippen LogP contribution in [-0.4, -0.2) is 27.0 Å². The average Bonchev–Trinajstić information content (AvgIpc) is 2.58. The lowest BCUT2D eigenvalue weighted by molar-refractivity contribution is -0.176. The van der Waals surface area contributed by atoms with Crippen molar-refractivity contribution in [2.75, 3.05) is 6.61 Å². The van der Waals surface area contributed by atoms with Gasteiger partial charge >= 0.3 is 5.97 Å². The third-order valence-electron chi connectivity index (χ3n) is 8.79. The molecule has 0 N–H and O–H groups in total. The van der Waals surface area contributed by atoms with Gasteiger partial charge in [-0.1, -0.05) is 53.2 Å². The predicted molar refractivity (Wildman–Crippen MR) is 122 cm³/mol. The summed E-state index contributed by atoms with van der Waals surface area (Å²) in [5, 5.41) is 0.241. The lowest BCUT2D eigenvalue weighted by Gasteiger charge is -2.52. The maximum Gasteiger partial charge on any atom is 0.309 e. The molecule has 0 unspecified atom stereocenters. The molecule has 1 saturated heterocycles. The maximum atomic E-state index is 12.3. The van der Waals surface area contributed by atoms with Gasteiger partial charge in [0, 0.05) is 6.61 Å². The molecule has 2 fully saturated rings. The second kappa shape index (κ2) is 8.14. The summed E-state index contributed by atoms with van der Waals surface area (Å²) in [6, 6.07) is 0. The van der Waals surface area contributed by atoms with E-state index in [4.69, 9.17) is 9.16 Å². The van der Waals surface area contributed by atoms with Gasteiger partial charge in [0.15, 0.2) is 8.32 Å². The van der Waals surface area contributed by atoms with E-state index >= 15 is 0 Å². The van der Waals surface area contributed by atoms with Gasteiger partial charge in [0.25, 0.3) is 0 Å². The average molecular weight is 421 g/mol. The molecule has 0 aromatic heterocycles. The molecular weight excluding hydrogens is 376 g/mol. The van der Waals surface area contributed by atoms with Crippen LogP contribution in [0.5, 0.6) is 0 Å². The van der Waals surface area contributed by atoms with E-state index in [0.29, 0.717) is 35.5 Å². The summed E-state index contributed by atoms with van der Waals surface area (Å²) in [6.45, 7) is 21.7. The lowest BCUT2D eigenvalue weighted by Crippen LogP contribution is -2.51. The third-order valence-corrected chi connectivity index (χ3v) is 13.3. The number of esters is 1. The molecule has 4 heteroatoms. The summed E-state index contributed by atoms with van der Waals surface area (Å²) >= 11 is 0. The lowest BCUT2D eigenvalue weighted by atomic mass is 9.55. The van der Waals surface area contributed by atoms with E-state index in [-0.39, 0.29) is 23.0 Å². The topological polar surface area (TPSA) is 35.5 Å². The van der Waals surface area contributed by atoms with E-state index in [1.807, 2.05) is 0 Å². The molecule has 1 aliphatic heterocycles. The van der Waals surface area contributed by atoms with Gasteiger partial charge in [-0.15, -0.1) is 0 Å². The van der Waals surface area contributed by atoms with Crippen molar-refractivity contribution in [1.29, 1.82) is 0 Å². The number of ether oxygens (including phenoxy) is 1. The molecule has 2 aliphatic carbocycles. The number of carbonyl (C=O) groups excluding carboxylic acids is 1. The van der Waals surface area contributed by atoms with Crippen LogP contribution in [0.4, 0.5) is 0 Å². The standard InChI is InChI=1S/C25H44O3Si/c1-15(2)23(14-27-29(8,9)25(5,6)7)21-11-16(3)10-20-19-12-18(13-22(20)21)28-24(26)17(19)4/h10,15,17-23H,11-14H2,1-9H3/t17-,18-,19-,20+,21+,22-,23+/m0/s1. The highest BCUT2D eigenvalue weighted by Crippen LogP contribution is 2.53. The van der Waals surface area contributed by atoms with Crippen LogP contribution in [0.3, 0.4) is 0 Å². The number of carbonyl (C=O) groups is 1. The monoisotopic (exact) mass is 420 g/mol. The Kier molecular flexibility index (Phi) is 6.48. The van der Waals surface area contributed by atoms with Gasteiger partial charge in [-0.2, -0.15) is 0 Å². The summed E-state index contributed by atoms with van der Waals surface area (Å²) in [7, 11) is -1.76. The largest absolute Gasteiger partial charge is 0.462 e. The van der Waals surface area contributed by atoms with Crippen LogP contribution in [0.2, 0.25) is 18.1 Å². The van der Waals surface area contributed by atoms with Gasteiger partial charge in [0.1, 0.15) is 6.10 Å². The number of rotatable bonds is 5. The van der Waals surface area contributed by atoms with Crippen molar-refractivity contribution in [3.63, 3.8) is 0 Å². The minimum atomic E-state index is -1.76. The van der Waals surface area contributed by atoms with E-state index < -0.39 is 8.32 Å². The molecule has 1 heterocycles. The van der Waals surface area contributed by atoms with Gasteiger partial charge in [-0.25, -0.2) is 0 Å². The number of hydrogen-bond donors (Lipinski definition) is 0. The van der Waals surface area contributed by atoms with Gasteiger partial charge in [0.05, 0.1) is 5.92 Å². The van der Waals surface area contributed by atoms with E-state index in [1.54, 1.807) is 0 Å². The highest BCUT2D eigenvalue weighted by atomic mass is 28.4. The first-order valence-corrected chi connectivity index (χ1v) is 14.7. The van der Waals surface area contributed by atoms with Crippen LogP contribution in [0.15, 0.2) is 11.6 Å². The number of fused-ring (bicyclic) bond motifs is 4. The maximum absolute atomic E-state index is 12.3. The van der Waals surface area contributed by atoms with Crippen LogP contribution in [0.1, 0.15) is 67.7 Å². The highest BCUT2D eigenvalue weighted by molar-refractivity contribution is 6.74.